The molecule has 8 heteroatoms. The van der Waals surface area contributed by atoms with Gasteiger partial charge in [-0.15, -0.1) is 11.3 Å². The minimum Gasteiger partial charge on any atom is -0.354 e. The molecule has 0 aromatic carbocycles. The Morgan fingerprint density at radius 3 is 2.70 bits per heavy atom. The van der Waals surface area contributed by atoms with Gasteiger partial charge in [0.05, 0.1) is 5.39 Å². The van der Waals surface area contributed by atoms with E-state index in [1.807, 2.05) is 13.8 Å². The Balaban J connectivity index is 1.54. The summed E-state index contributed by atoms with van der Waals surface area (Å²) < 4.78 is 0. The highest BCUT2D eigenvalue weighted by Crippen LogP contribution is 2.33. The van der Waals surface area contributed by atoms with Crippen LogP contribution in [0.2, 0.25) is 0 Å². The van der Waals surface area contributed by atoms with Crippen molar-refractivity contribution in [1.82, 2.24) is 20.6 Å². The first-order chi connectivity index (χ1) is 13.0. The van der Waals surface area contributed by atoms with Gasteiger partial charge >= 0.3 is 0 Å². The number of rotatable bonds is 7. The van der Waals surface area contributed by atoms with Gasteiger partial charge in [-0.2, -0.15) is 0 Å². The number of aryl methyl sites for hydroxylation is 3. The molecule has 0 fully saturated rings. The number of H-pyrrole nitrogens is 1. The van der Waals surface area contributed by atoms with Gasteiger partial charge in [-0.1, -0.05) is 13.8 Å². The molecule has 1 aliphatic rings. The number of aromatic nitrogens is 2. The van der Waals surface area contributed by atoms with E-state index < -0.39 is 0 Å². The fraction of sp³-hybridized carbons (Fsp3) is 0.579. The zero-order valence-corrected chi connectivity index (χ0v) is 16.6. The lowest BCUT2D eigenvalue weighted by Gasteiger charge is -2.09. The molecule has 0 atom stereocenters. The summed E-state index contributed by atoms with van der Waals surface area (Å²) in [7, 11) is 0. The van der Waals surface area contributed by atoms with Gasteiger partial charge in [-0.25, -0.2) is 4.98 Å². The first-order valence-corrected chi connectivity index (χ1v) is 10.3. The minimum atomic E-state index is -0.123. The first-order valence-electron chi connectivity index (χ1n) is 9.53. The van der Waals surface area contributed by atoms with E-state index in [1.165, 1.54) is 16.9 Å². The second kappa shape index (κ2) is 8.65. The van der Waals surface area contributed by atoms with Gasteiger partial charge in [0.1, 0.15) is 10.7 Å². The molecule has 3 rings (SSSR count). The molecular weight excluding hydrogens is 364 g/mol. The van der Waals surface area contributed by atoms with E-state index in [4.69, 9.17) is 0 Å². The second-order valence-corrected chi connectivity index (χ2v) is 8.28. The summed E-state index contributed by atoms with van der Waals surface area (Å²) in [6.45, 7) is 4.44. The third-order valence-corrected chi connectivity index (χ3v) is 5.92. The van der Waals surface area contributed by atoms with Gasteiger partial charge in [0.15, 0.2) is 0 Å². The quantitative estimate of drug-likeness (QED) is 0.626. The normalized spacial score (nSPS) is 13.6. The van der Waals surface area contributed by atoms with Crippen LogP contribution in [0.1, 0.15) is 49.4 Å². The van der Waals surface area contributed by atoms with E-state index in [0.29, 0.717) is 25.3 Å². The molecule has 3 N–H and O–H groups in total. The molecule has 0 aliphatic heterocycles. The molecule has 146 valence electrons. The van der Waals surface area contributed by atoms with Gasteiger partial charge in [0.2, 0.25) is 11.8 Å². The van der Waals surface area contributed by atoms with E-state index >= 15 is 0 Å². The van der Waals surface area contributed by atoms with E-state index in [0.717, 1.165) is 29.5 Å². The van der Waals surface area contributed by atoms with Crippen LogP contribution in [0, 0.1) is 5.92 Å². The predicted octanol–water partition coefficient (Wildman–Crippen LogP) is 1.68. The molecule has 1 aliphatic carbocycles. The summed E-state index contributed by atoms with van der Waals surface area (Å²) in [5.74, 6) is 0.329. The average Bonchev–Trinajstić information content (AvgIpc) is 3.02. The molecule has 7 nitrogen and oxygen atoms in total. The van der Waals surface area contributed by atoms with Crippen molar-refractivity contribution in [2.45, 2.75) is 52.4 Å². The number of nitrogens with zero attached hydrogens (tertiary/aromatic N) is 1. The highest BCUT2D eigenvalue weighted by molar-refractivity contribution is 7.18. The highest BCUT2D eigenvalue weighted by Gasteiger charge is 2.19. The van der Waals surface area contributed by atoms with Crippen LogP contribution in [-0.2, 0) is 28.9 Å². The number of nitrogens with one attached hydrogen (secondary N) is 3. The van der Waals surface area contributed by atoms with Gasteiger partial charge in [-0.05, 0) is 31.2 Å². The van der Waals surface area contributed by atoms with Crippen LogP contribution in [0.15, 0.2) is 4.79 Å². The van der Waals surface area contributed by atoms with E-state index in [1.54, 1.807) is 11.3 Å². The Kier molecular flexibility index (Phi) is 6.26. The molecule has 2 aromatic rings. The van der Waals surface area contributed by atoms with Crippen molar-refractivity contribution >= 4 is 33.4 Å². The number of amides is 2. The molecule has 0 radical (unpaired) electrons. The average molecular weight is 391 g/mol. The summed E-state index contributed by atoms with van der Waals surface area (Å²) in [5.41, 5.74) is 1.08. The third kappa shape index (κ3) is 4.74. The standard InChI is InChI=1S/C19H26N4O3S/c1-11(2)17(25)21-10-9-20-15(24)8-7-14-22-18(26)16-12-5-3-4-6-13(12)27-19(16)23-14/h11H,3-10H2,1-2H3,(H,20,24)(H,21,25)(H,22,23,26). The van der Waals surface area contributed by atoms with Crippen molar-refractivity contribution in [3.63, 3.8) is 0 Å². The maximum Gasteiger partial charge on any atom is 0.259 e. The van der Waals surface area contributed by atoms with Crippen LogP contribution in [0.5, 0.6) is 0 Å². The lowest BCUT2D eigenvalue weighted by Crippen LogP contribution is -2.36. The molecule has 0 unspecified atom stereocenters. The second-order valence-electron chi connectivity index (χ2n) is 7.20. The van der Waals surface area contributed by atoms with Crippen molar-refractivity contribution in [3.05, 3.63) is 26.6 Å². The molecule has 0 saturated carbocycles. The van der Waals surface area contributed by atoms with Crippen molar-refractivity contribution in [2.75, 3.05) is 13.1 Å². The lowest BCUT2D eigenvalue weighted by molar-refractivity contribution is -0.124. The number of hydrogen-bond acceptors (Lipinski definition) is 5. The van der Waals surface area contributed by atoms with Crippen LogP contribution < -0.4 is 16.2 Å². The van der Waals surface area contributed by atoms with Crippen LogP contribution in [0.4, 0.5) is 0 Å². The van der Waals surface area contributed by atoms with Crippen molar-refractivity contribution in [2.24, 2.45) is 5.92 Å². The van der Waals surface area contributed by atoms with Gasteiger partial charge in [0, 0.05) is 36.7 Å². The number of carbonyl (C=O) groups excluding carboxylic acids is 2. The monoisotopic (exact) mass is 390 g/mol. The van der Waals surface area contributed by atoms with Crippen molar-refractivity contribution in [3.8, 4) is 0 Å². The summed E-state index contributed by atoms with van der Waals surface area (Å²) in [6.07, 6.45) is 4.91. The van der Waals surface area contributed by atoms with Crippen LogP contribution in [0.3, 0.4) is 0 Å². The van der Waals surface area contributed by atoms with Gasteiger partial charge < -0.3 is 15.6 Å². The fourth-order valence-electron chi connectivity index (χ4n) is 3.24. The maximum absolute atomic E-state index is 12.5. The molecule has 2 aromatic heterocycles. The van der Waals surface area contributed by atoms with Crippen LogP contribution in [0.25, 0.3) is 10.2 Å². The largest absolute Gasteiger partial charge is 0.354 e. The predicted molar refractivity (Wildman–Crippen MR) is 106 cm³/mol. The first kappa shape index (κ1) is 19.5. The Hall–Kier alpha value is -2.22. The van der Waals surface area contributed by atoms with E-state index in [9.17, 15) is 14.4 Å². The minimum absolute atomic E-state index is 0.0297. The van der Waals surface area contributed by atoms with Gasteiger partial charge in [-0.3, -0.25) is 14.4 Å². The molecule has 0 spiro atoms. The van der Waals surface area contributed by atoms with Crippen molar-refractivity contribution < 1.29 is 9.59 Å². The number of thiophene rings is 1. The third-order valence-electron chi connectivity index (χ3n) is 4.73. The number of aromatic amines is 1. The number of fused-ring (bicyclic) bond motifs is 3. The Labute approximate surface area is 162 Å². The Morgan fingerprint density at radius 2 is 1.93 bits per heavy atom. The molecule has 0 saturated heterocycles. The molecule has 2 amide bonds. The smallest absolute Gasteiger partial charge is 0.259 e. The summed E-state index contributed by atoms with van der Waals surface area (Å²) >= 11 is 1.61. The van der Waals surface area contributed by atoms with Crippen LogP contribution in [-0.4, -0.2) is 34.9 Å². The fourth-order valence-corrected chi connectivity index (χ4v) is 4.52. The summed E-state index contributed by atoms with van der Waals surface area (Å²) in [5, 5.41) is 6.26. The molecular formula is C19H26N4O3S. The van der Waals surface area contributed by atoms with E-state index in [2.05, 4.69) is 20.6 Å². The Bertz CT molecular complexity index is 900. The van der Waals surface area contributed by atoms with E-state index in [-0.39, 0.29) is 29.7 Å². The van der Waals surface area contributed by atoms with Gasteiger partial charge in [0.25, 0.3) is 5.56 Å². The number of carbonyl (C=O) groups is 2. The zero-order valence-electron chi connectivity index (χ0n) is 15.8. The Morgan fingerprint density at radius 1 is 1.19 bits per heavy atom. The maximum atomic E-state index is 12.5. The van der Waals surface area contributed by atoms with Crippen molar-refractivity contribution in [1.29, 1.82) is 0 Å². The summed E-state index contributed by atoms with van der Waals surface area (Å²) in [4.78, 5) is 45.4. The molecule has 27 heavy (non-hydrogen) atoms. The highest BCUT2D eigenvalue weighted by atomic mass is 32.1. The number of hydrogen-bond donors (Lipinski definition) is 3. The SMILES string of the molecule is CC(C)C(=O)NCCNC(=O)CCc1nc2sc3c(c2c(=O)[nH]1)CCCC3. The molecule has 2 heterocycles. The summed E-state index contributed by atoms with van der Waals surface area (Å²) in [6, 6.07) is 0. The zero-order chi connectivity index (χ0) is 19.4. The van der Waals surface area contributed by atoms with Crippen LogP contribution >= 0.6 is 11.3 Å². The topological polar surface area (TPSA) is 104 Å². The molecule has 0 bridgehead atoms. The lowest BCUT2D eigenvalue weighted by atomic mass is 9.97.